The maximum absolute atomic E-state index is 13.5. The van der Waals surface area contributed by atoms with Gasteiger partial charge in [-0.15, -0.1) is 0 Å². The minimum atomic E-state index is -0.833. The maximum Gasteiger partial charge on any atom is 0.300 e. The lowest BCUT2D eigenvalue weighted by molar-refractivity contribution is -0.134. The zero-order valence-electron chi connectivity index (χ0n) is 19.3. The van der Waals surface area contributed by atoms with E-state index in [0.29, 0.717) is 12.2 Å². The molecule has 1 unspecified atom stereocenters. The van der Waals surface area contributed by atoms with Crippen LogP contribution in [0.25, 0.3) is 0 Å². The van der Waals surface area contributed by atoms with Crippen LogP contribution in [0.4, 0.5) is 5.69 Å². The molecular weight excluding hydrogens is 430 g/mol. The number of piperazine rings is 1. The maximum atomic E-state index is 13.5. The SMILES string of the molecule is CC(=O)O.O=C(c1ccccc1)N(c1ccccc1)N1CCNCC1CCOc1ccccc1. The van der Waals surface area contributed by atoms with Gasteiger partial charge in [-0.1, -0.05) is 54.6 Å². The summed E-state index contributed by atoms with van der Waals surface area (Å²) in [4.78, 5) is 22.5. The fourth-order valence-corrected chi connectivity index (χ4v) is 3.75. The Morgan fingerprint density at radius 1 is 0.971 bits per heavy atom. The van der Waals surface area contributed by atoms with E-state index in [0.717, 1.165) is 44.4 Å². The van der Waals surface area contributed by atoms with Crippen molar-refractivity contribution in [2.24, 2.45) is 0 Å². The van der Waals surface area contributed by atoms with Crippen LogP contribution in [0.1, 0.15) is 23.7 Å². The lowest BCUT2D eigenvalue weighted by Crippen LogP contribution is -2.60. The lowest BCUT2D eigenvalue weighted by Gasteiger charge is -2.43. The molecule has 4 rings (SSSR count). The Labute approximate surface area is 200 Å². The first-order valence-corrected chi connectivity index (χ1v) is 11.4. The third-order valence-corrected chi connectivity index (χ3v) is 5.25. The van der Waals surface area contributed by atoms with Gasteiger partial charge in [0.05, 0.1) is 12.3 Å². The number of anilines is 1. The van der Waals surface area contributed by atoms with E-state index in [1.54, 1.807) is 0 Å². The zero-order chi connectivity index (χ0) is 24.2. The lowest BCUT2D eigenvalue weighted by atomic mass is 10.1. The van der Waals surface area contributed by atoms with Gasteiger partial charge in [0.1, 0.15) is 5.75 Å². The Bertz CT molecular complexity index is 1010. The summed E-state index contributed by atoms with van der Waals surface area (Å²) in [6.45, 7) is 4.07. The second kappa shape index (κ2) is 13.1. The molecule has 0 bridgehead atoms. The van der Waals surface area contributed by atoms with Crippen molar-refractivity contribution in [1.82, 2.24) is 10.3 Å². The average Bonchev–Trinajstić information content (AvgIpc) is 2.86. The van der Waals surface area contributed by atoms with E-state index in [9.17, 15) is 4.79 Å². The van der Waals surface area contributed by atoms with Gasteiger partial charge in [0.2, 0.25) is 0 Å². The predicted octanol–water partition coefficient (Wildman–Crippen LogP) is 4.08. The Hall–Kier alpha value is -3.68. The molecule has 0 spiro atoms. The van der Waals surface area contributed by atoms with Crippen LogP contribution in [0.2, 0.25) is 0 Å². The van der Waals surface area contributed by atoms with Crippen molar-refractivity contribution in [2.45, 2.75) is 19.4 Å². The number of nitrogens with one attached hydrogen (secondary N) is 1. The fourth-order valence-electron chi connectivity index (χ4n) is 3.75. The number of carboxylic acids is 1. The molecule has 178 valence electrons. The molecule has 1 saturated heterocycles. The zero-order valence-corrected chi connectivity index (χ0v) is 19.3. The summed E-state index contributed by atoms with van der Waals surface area (Å²) >= 11 is 0. The largest absolute Gasteiger partial charge is 0.494 e. The Balaban J connectivity index is 0.000000751. The minimum absolute atomic E-state index is 0.0160. The topological polar surface area (TPSA) is 82.1 Å². The van der Waals surface area contributed by atoms with Gasteiger partial charge in [-0.05, 0) is 36.4 Å². The number of ether oxygens (including phenoxy) is 1. The summed E-state index contributed by atoms with van der Waals surface area (Å²) in [5, 5.41) is 14.9. The third kappa shape index (κ3) is 7.43. The number of carboxylic acid groups (broad SMARTS) is 1. The number of benzene rings is 3. The van der Waals surface area contributed by atoms with Gasteiger partial charge in [-0.2, -0.15) is 0 Å². The number of aliphatic carboxylic acids is 1. The number of nitrogens with zero attached hydrogens (tertiary/aromatic N) is 2. The van der Waals surface area contributed by atoms with Gasteiger partial charge < -0.3 is 15.2 Å². The first-order valence-electron chi connectivity index (χ1n) is 11.4. The number of hydrogen-bond donors (Lipinski definition) is 2. The van der Waals surface area contributed by atoms with E-state index in [2.05, 4.69) is 10.3 Å². The molecule has 1 atom stereocenters. The molecule has 0 aromatic heterocycles. The third-order valence-electron chi connectivity index (χ3n) is 5.25. The molecule has 3 aromatic carbocycles. The molecule has 3 aromatic rings. The molecule has 1 fully saturated rings. The minimum Gasteiger partial charge on any atom is -0.494 e. The molecule has 1 aliphatic heterocycles. The average molecular weight is 462 g/mol. The van der Waals surface area contributed by atoms with Crippen LogP contribution in [-0.2, 0) is 4.79 Å². The van der Waals surface area contributed by atoms with Crippen LogP contribution < -0.4 is 15.1 Å². The Kier molecular flexibility index (Phi) is 9.64. The highest BCUT2D eigenvalue weighted by atomic mass is 16.5. The standard InChI is InChI=1S/C25H27N3O2.C2H4O2/c29-25(21-10-4-1-5-11-21)28(22-12-6-2-7-13-22)27-18-17-26-20-23(27)16-19-30-24-14-8-3-9-15-24;1-2(3)4/h1-15,23,26H,16-20H2;1H3,(H,3,4). The summed E-state index contributed by atoms with van der Waals surface area (Å²) in [5.74, 6) is 0.0192. The summed E-state index contributed by atoms with van der Waals surface area (Å²) in [6, 6.07) is 29.4. The summed E-state index contributed by atoms with van der Waals surface area (Å²) < 4.78 is 5.93. The number of amides is 1. The number of carbonyl (C=O) groups excluding carboxylic acids is 1. The van der Waals surface area contributed by atoms with Crippen LogP contribution in [-0.4, -0.2) is 54.3 Å². The van der Waals surface area contributed by atoms with E-state index in [1.165, 1.54) is 0 Å². The molecule has 34 heavy (non-hydrogen) atoms. The quantitative estimate of drug-likeness (QED) is 0.552. The predicted molar refractivity (Wildman–Crippen MR) is 133 cm³/mol. The first-order chi connectivity index (χ1) is 16.6. The number of para-hydroxylation sites is 2. The normalized spacial score (nSPS) is 15.5. The molecule has 1 heterocycles. The van der Waals surface area contributed by atoms with Crippen molar-refractivity contribution >= 4 is 17.6 Å². The van der Waals surface area contributed by atoms with Crippen LogP contribution in [0.15, 0.2) is 91.0 Å². The molecule has 7 nitrogen and oxygen atoms in total. The van der Waals surface area contributed by atoms with Crippen molar-refractivity contribution in [2.75, 3.05) is 31.3 Å². The van der Waals surface area contributed by atoms with E-state index in [-0.39, 0.29) is 11.9 Å². The van der Waals surface area contributed by atoms with Crippen molar-refractivity contribution in [1.29, 1.82) is 0 Å². The Morgan fingerprint density at radius 3 is 2.15 bits per heavy atom. The van der Waals surface area contributed by atoms with Gasteiger partial charge in [-0.25, -0.2) is 10.0 Å². The van der Waals surface area contributed by atoms with E-state index in [1.807, 2.05) is 96.0 Å². The van der Waals surface area contributed by atoms with Gasteiger partial charge >= 0.3 is 0 Å². The molecule has 7 heteroatoms. The highest BCUT2D eigenvalue weighted by molar-refractivity contribution is 6.05. The van der Waals surface area contributed by atoms with Gasteiger partial charge in [-0.3, -0.25) is 9.59 Å². The summed E-state index contributed by atoms with van der Waals surface area (Å²) in [7, 11) is 0. The van der Waals surface area contributed by atoms with E-state index >= 15 is 0 Å². The van der Waals surface area contributed by atoms with E-state index in [4.69, 9.17) is 14.6 Å². The number of carbonyl (C=O) groups is 2. The highest BCUT2D eigenvalue weighted by Crippen LogP contribution is 2.23. The highest BCUT2D eigenvalue weighted by Gasteiger charge is 2.32. The summed E-state index contributed by atoms with van der Waals surface area (Å²) in [6.07, 6.45) is 0.813. The number of rotatable bonds is 7. The van der Waals surface area contributed by atoms with Crippen LogP contribution in [0, 0.1) is 0 Å². The Morgan fingerprint density at radius 2 is 1.53 bits per heavy atom. The molecule has 0 saturated carbocycles. The van der Waals surface area contributed by atoms with Crippen molar-refractivity contribution in [3.8, 4) is 5.75 Å². The van der Waals surface area contributed by atoms with Crippen molar-refractivity contribution in [3.05, 3.63) is 96.6 Å². The van der Waals surface area contributed by atoms with Gasteiger partial charge in [0, 0.05) is 44.6 Å². The number of hydrogen-bond acceptors (Lipinski definition) is 5. The van der Waals surface area contributed by atoms with Gasteiger partial charge in [0.25, 0.3) is 11.9 Å². The van der Waals surface area contributed by atoms with Crippen LogP contribution in [0.5, 0.6) is 5.75 Å². The molecule has 0 radical (unpaired) electrons. The first kappa shape index (κ1) is 25.0. The van der Waals surface area contributed by atoms with Crippen LogP contribution in [0.3, 0.4) is 0 Å². The van der Waals surface area contributed by atoms with Crippen molar-refractivity contribution < 1.29 is 19.4 Å². The van der Waals surface area contributed by atoms with E-state index < -0.39 is 5.97 Å². The van der Waals surface area contributed by atoms with Crippen molar-refractivity contribution in [3.63, 3.8) is 0 Å². The monoisotopic (exact) mass is 461 g/mol. The number of hydrazine groups is 1. The molecule has 0 aliphatic carbocycles. The fraction of sp³-hybridized carbons (Fsp3) is 0.259. The summed E-state index contributed by atoms with van der Waals surface area (Å²) in [5.41, 5.74) is 1.56. The smallest absolute Gasteiger partial charge is 0.300 e. The second-order valence-corrected chi connectivity index (χ2v) is 7.81. The molecule has 1 amide bonds. The molecular formula is C27H31N3O4. The van der Waals surface area contributed by atoms with Crippen LogP contribution >= 0.6 is 0 Å². The second-order valence-electron chi connectivity index (χ2n) is 7.81. The van der Waals surface area contributed by atoms with Gasteiger partial charge in [0.15, 0.2) is 0 Å². The molecule has 1 aliphatic rings. The molecule has 2 N–H and O–H groups in total.